The number of amides is 2. The highest BCUT2D eigenvalue weighted by Crippen LogP contribution is 2.26. The number of hydrogen-bond acceptors (Lipinski definition) is 5. The monoisotopic (exact) mass is 358 g/mol. The SMILES string of the molecule is CC(C)c1cnc(NC(=O)[C@@H]2CCCN(C(=O)c3ccncc3)C2)s1. The molecule has 0 saturated carbocycles. The van der Waals surface area contributed by atoms with Gasteiger partial charge in [-0.25, -0.2) is 4.98 Å². The number of anilines is 1. The average molecular weight is 358 g/mol. The first-order chi connectivity index (χ1) is 12.0. The molecule has 2 aromatic heterocycles. The van der Waals surface area contributed by atoms with Gasteiger partial charge in [0.1, 0.15) is 0 Å². The summed E-state index contributed by atoms with van der Waals surface area (Å²) in [5, 5.41) is 3.54. The van der Waals surface area contributed by atoms with Gasteiger partial charge in [-0.15, -0.1) is 11.3 Å². The molecule has 0 bridgehead atoms. The van der Waals surface area contributed by atoms with Gasteiger partial charge in [0.2, 0.25) is 5.91 Å². The number of pyridine rings is 1. The third-order valence-corrected chi connectivity index (χ3v) is 5.54. The van der Waals surface area contributed by atoms with E-state index in [4.69, 9.17) is 0 Å². The molecule has 132 valence electrons. The van der Waals surface area contributed by atoms with Crippen molar-refractivity contribution in [2.24, 2.45) is 5.92 Å². The van der Waals surface area contributed by atoms with Crippen LogP contribution in [0.4, 0.5) is 5.13 Å². The molecule has 6 nitrogen and oxygen atoms in total. The van der Waals surface area contributed by atoms with Crippen LogP contribution in [0, 0.1) is 5.92 Å². The molecule has 1 fully saturated rings. The van der Waals surface area contributed by atoms with Crippen molar-refractivity contribution >= 4 is 28.3 Å². The lowest BCUT2D eigenvalue weighted by molar-refractivity contribution is -0.121. The van der Waals surface area contributed by atoms with Crippen LogP contribution in [0.25, 0.3) is 0 Å². The molecule has 0 aliphatic carbocycles. The zero-order valence-corrected chi connectivity index (χ0v) is 15.3. The number of rotatable bonds is 4. The lowest BCUT2D eigenvalue weighted by Gasteiger charge is -2.31. The second-order valence-electron chi connectivity index (χ2n) is 6.54. The topological polar surface area (TPSA) is 75.2 Å². The van der Waals surface area contributed by atoms with Crippen molar-refractivity contribution in [3.63, 3.8) is 0 Å². The maximum Gasteiger partial charge on any atom is 0.253 e. The van der Waals surface area contributed by atoms with Gasteiger partial charge in [0.15, 0.2) is 5.13 Å². The summed E-state index contributed by atoms with van der Waals surface area (Å²) in [5.41, 5.74) is 0.609. The molecule has 0 unspecified atom stereocenters. The predicted molar refractivity (Wildman–Crippen MR) is 97.7 cm³/mol. The van der Waals surface area contributed by atoms with E-state index in [1.165, 1.54) is 11.3 Å². The largest absolute Gasteiger partial charge is 0.338 e. The van der Waals surface area contributed by atoms with Gasteiger partial charge in [0.05, 0.1) is 5.92 Å². The second kappa shape index (κ2) is 7.74. The van der Waals surface area contributed by atoms with Gasteiger partial charge >= 0.3 is 0 Å². The first-order valence-electron chi connectivity index (χ1n) is 8.50. The van der Waals surface area contributed by atoms with Gasteiger partial charge in [0.25, 0.3) is 5.91 Å². The quantitative estimate of drug-likeness (QED) is 0.911. The molecule has 1 aliphatic heterocycles. The number of hydrogen-bond donors (Lipinski definition) is 1. The average Bonchev–Trinajstić information content (AvgIpc) is 3.11. The lowest BCUT2D eigenvalue weighted by atomic mass is 9.96. The van der Waals surface area contributed by atoms with Gasteiger partial charge in [0, 0.05) is 42.1 Å². The van der Waals surface area contributed by atoms with Gasteiger partial charge in [-0.05, 0) is 30.9 Å². The van der Waals surface area contributed by atoms with Crippen LogP contribution in [-0.4, -0.2) is 39.8 Å². The van der Waals surface area contributed by atoms with Crippen molar-refractivity contribution in [1.29, 1.82) is 0 Å². The van der Waals surface area contributed by atoms with Crippen molar-refractivity contribution in [2.75, 3.05) is 18.4 Å². The van der Waals surface area contributed by atoms with E-state index < -0.39 is 0 Å². The van der Waals surface area contributed by atoms with Crippen LogP contribution in [0.3, 0.4) is 0 Å². The minimum atomic E-state index is -0.203. The van der Waals surface area contributed by atoms with E-state index in [-0.39, 0.29) is 17.7 Å². The lowest BCUT2D eigenvalue weighted by Crippen LogP contribution is -2.43. The molecule has 0 aromatic carbocycles. The molecule has 2 aromatic rings. The molecule has 3 heterocycles. The van der Waals surface area contributed by atoms with Crippen molar-refractivity contribution in [3.8, 4) is 0 Å². The Kier molecular flexibility index (Phi) is 5.43. The fourth-order valence-electron chi connectivity index (χ4n) is 2.87. The maximum atomic E-state index is 12.6. The van der Waals surface area contributed by atoms with Crippen molar-refractivity contribution < 1.29 is 9.59 Å². The summed E-state index contributed by atoms with van der Waals surface area (Å²) in [6.07, 6.45) is 6.63. The molecular weight excluding hydrogens is 336 g/mol. The number of nitrogens with one attached hydrogen (secondary N) is 1. The number of nitrogens with zero attached hydrogens (tertiary/aromatic N) is 3. The van der Waals surface area contributed by atoms with Crippen LogP contribution in [-0.2, 0) is 4.79 Å². The van der Waals surface area contributed by atoms with Crippen molar-refractivity contribution in [2.45, 2.75) is 32.6 Å². The van der Waals surface area contributed by atoms with Crippen LogP contribution in [0.2, 0.25) is 0 Å². The van der Waals surface area contributed by atoms with Gasteiger partial charge in [-0.1, -0.05) is 13.8 Å². The Hall–Kier alpha value is -2.28. The van der Waals surface area contributed by atoms with Crippen LogP contribution in [0.1, 0.15) is 47.8 Å². The molecule has 7 heteroatoms. The summed E-state index contributed by atoms with van der Waals surface area (Å²) in [5.74, 6) is 0.0883. The number of carbonyl (C=O) groups excluding carboxylic acids is 2. The second-order valence-corrected chi connectivity index (χ2v) is 7.60. The molecule has 1 aliphatic rings. The normalized spacial score (nSPS) is 17.6. The maximum absolute atomic E-state index is 12.6. The van der Waals surface area contributed by atoms with Crippen LogP contribution >= 0.6 is 11.3 Å². The number of aromatic nitrogens is 2. The number of likely N-dealkylation sites (tertiary alicyclic amines) is 1. The molecular formula is C18H22N4O2S. The first kappa shape index (κ1) is 17.5. The summed E-state index contributed by atoms with van der Waals surface area (Å²) in [6.45, 7) is 5.32. The smallest absolute Gasteiger partial charge is 0.253 e. The Bertz CT molecular complexity index is 745. The molecule has 2 amide bonds. The third kappa shape index (κ3) is 4.22. The molecule has 0 radical (unpaired) electrons. The summed E-state index contributed by atoms with van der Waals surface area (Å²) >= 11 is 1.51. The van der Waals surface area contributed by atoms with Gasteiger partial charge < -0.3 is 10.2 Å². The van der Waals surface area contributed by atoms with Gasteiger partial charge in [-0.2, -0.15) is 0 Å². The Balaban J connectivity index is 1.62. The molecule has 25 heavy (non-hydrogen) atoms. The van der Waals surface area contributed by atoms with E-state index in [0.29, 0.717) is 29.7 Å². The van der Waals surface area contributed by atoms with E-state index in [1.807, 2.05) is 6.20 Å². The van der Waals surface area contributed by atoms with Crippen LogP contribution in [0.15, 0.2) is 30.7 Å². The Morgan fingerprint density at radius 3 is 2.76 bits per heavy atom. The number of piperidine rings is 1. The summed E-state index contributed by atoms with van der Waals surface area (Å²) < 4.78 is 0. The highest BCUT2D eigenvalue weighted by Gasteiger charge is 2.29. The van der Waals surface area contributed by atoms with E-state index in [1.54, 1.807) is 29.4 Å². The number of carbonyl (C=O) groups is 2. The van der Waals surface area contributed by atoms with Crippen molar-refractivity contribution in [1.82, 2.24) is 14.9 Å². The summed E-state index contributed by atoms with van der Waals surface area (Å²) in [6, 6.07) is 3.41. The fraction of sp³-hybridized carbons (Fsp3) is 0.444. The summed E-state index contributed by atoms with van der Waals surface area (Å²) in [4.78, 5) is 36.2. The Morgan fingerprint density at radius 1 is 1.32 bits per heavy atom. The van der Waals surface area contributed by atoms with Crippen LogP contribution < -0.4 is 5.32 Å². The Morgan fingerprint density at radius 2 is 2.08 bits per heavy atom. The predicted octanol–water partition coefficient (Wildman–Crippen LogP) is 3.15. The van der Waals surface area contributed by atoms with Crippen molar-refractivity contribution in [3.05, 3.63) is 41.2 Å². The third-order valence-electron chi connectivity index (χ3n) is 4.33. The fourth-order valence-corrected chi connectivity index (χ4v) is 3.69. The zero-order chi connectivity index (χ0) is 17.8. The van der Waals surface area contributed by atoms with E-state index >= 15 is 0 Å². The molecule has 1 atom stereocenters. The molecule has 1 saturated heterocycles. The van der Waals surface area contributed by atoms with E-state index in [9.17, 15) is 9.59 Å². The van der Waals surface area contributed by atoms with E-state index in [2.05, 4.69) is 29.1 Å². The Labute approximate surface area is 151 Å². The van der Waals surface area contributed by atoms with E-state index in [0.717, 1.165) is 17.7 Å². The first-order valence-corrected chi connectivity index (χ1v) is 9.32. The minimum Gasteiger partial charge on any atom is -0.338 e. The molecule has 0 spiro atoms. The molecule has 1 N–H and O–H groups in total. The standard InChI is InChI=1S/C18H22N4O2S/c1-12(2)15-10-20-18(25-15)21-16(23)14-4-3-9-22(11-14)17(24)13-5-7-19-8-6-13/h5-8,10,12,14H,3-4,9,11H2,1-2H3,(H,20,21,23)/t14-/m1/s1. The zero-order valence-electron chi connectivity index (χ0n) is 14.4. The number of thiazole rings is 1. The van der Waals surface area contributed by atoms with Crippen LogP contribution in [0.5, 0.6) is 0 Å². The van der Waals surface area contributed by atoms with Gasteiger partial charge in [-0.3, -0.25) is 14.6 Å². The highest BCUT2D eigenvalue weighted by molar-refractivity contribution is 7.15. The molecule has 3 rings (SSSR count). The minimum absolute atomic E-state index is 0.0451. The highest BCUT2D eigenvalue weighted by atomic mass is 32.1. The summed E-state index contributed by atoms with van der Waals surface area (Å²) in [7, 11) is 0.